The zero-order valence-electron chi connectivity index (χ0n) is 7.32. The summed E-state index contributed by atoms with van der Waals surface area (Å²) in [6.07, 6.45) is 3.83. The maximum Gasteiger partial charge on any atom is 0.0719 e. The van der Waals surface area contributed by atoms with E-state index in [0.717, 1.165) is 11.4 Å². The van der Waals surface area contributed by atoms with E-state index >= 15 is 0 Å². The Bertz CT molecular complexity index is 235. The van der Waals surface area contributed by atoms with Crippen molar-refractivity contribution in [3.8, 4) is 0 Å². The fourth-order valence-corrected chi connectivity index (χ4v) is 1.71. The van der Waals surface area contributed by atoms with Crippen LogP contribution < -0.4 is 11.3 Å². The van der Waals surface area contributed by atoms with Crippen LogP contribution >= 0.6 is 11.8 Å². The minimum atomic E-state index is 0.187. The van der Waals surface area contributed by atoms with Crippen molar-refractivity contribution in [2.45, 2.75) is 6.04 Å². The fourth-order valence-electron chi connectivity index (χ4n) is 1.11. The van der Waals surface area contributed by atoms with Crippen LogP contribution in [0.25, 0.3) is 0 Å². The highest BCUT2D eigenvalue weighted by atomic mass is 32.2. The van der Waals surface area contributed by atoms with Gasteiger partial charge in [-0.1, -0.05) is 0 Å². The van der Waals surface area contributed by atoms with Gasteiger partial charge in [0.1, 0.15) is 0 Å². The molecule has 0 bridgehead atoms. The van der Waals surface area contributed by atoms with Gasteiger partial charge in [-0.15, -0.1) is 0 Å². The zero-order chi connectivity index (χ0) is 8.97. The number of aromatic nitrogens is 2. The predicted octanol–water partition coefficient (Wildman–Crippen LogP) is 0.287. The third-order valence-corrected chi connectivity index (χ3v) is 2.42. The van der Waals surface area contributed by atoms with Gasteiger partial charge >= 0.3 is 0 Å². The van der Waals surface area contributed by atoms with E-state index in [0.29, 0.717) is 0 Å². The molecule has 0 saturated carbocycles. The van der Waals surface area contributed by atoms with E-state index < -0.39 is 0 Å². The Morgan fingerprint density at radius 1 is 1.83 bits per heavy atom. The van der Waals surface area contributed by atoms with Gasteiger partial charge in [0.2, 0.25) is 0 Å². The molecule has 0 amide bonds. The summed E-state index contributed by atoms with van der Waals surface area (Å²) in [5.41, 5.74) is 3.88. The maximum absolute atomic E-state index is 5.41. The minimum absolute atomic E-state index is 0.187. The second kappa shape index (κ2) is 4.49. The highest BCUT2D eigenvalue weighted by Crippen LogP contribution is 2.14. The Balaban J connectivity index is 2.72. The molecule has 1 aromatic heterocycles. The molecule has 0 spiro atoms. The van der Waals surface area contributed by atoms with Crippen LogP contribution in [0, 0.1) is 0 Å². The van der Waals surface area contributed by atoms with Gasteiger partial charge in [-0.25, -0.2) is 0 Å². The molecule has 0 aliphatic rings. The number of hydrogen-bond donors (Lipinski definition) is 2. The van der Waals surface area contributed by atoms with Crippen molar-refractivity contribution in [3.63, 3.8) is 0 Å². The molecule has 0 aliphatic heterocycles. The zero-order valence-corrected chi connectivity index (χ0v) is 8.14. The Kier molecular flexibility index (Phi) is 3.58. The molecule has 0 radical (unpaired) electrons. The molecule has 1 rings (SSSR count). The standard InChI is InChI=1S/C7H14N4S/c1-11-7(3-4-9-11)6(10-8)5-12-2/h3-4,6,10H,5,8H2,1-2H3. The van der Waals surface area contributed by atoms with Crippen LogP contribution in [-0.4, -0.2) is 21.8 Å². The first kappa shape index (κ1) is 9.57. The van der Waals surface area contributed by atoms with Gasteiger partial charge in [0.25, 0.3) is 0 Å². The SMILES string of the molecule is CSCC(NN)c1ccnn1C. The molecule has 12 heavy (non-hydrogen) atoms. The van der Waals surface area contributed by atoms with Crippen LogP contribution in [0.3, 0.4) is 0 Å². The molecular weight excluding hydrogens is 172 g/mol. The summed E-state index contributed by atoms with van der Waals surface area (Å²) >= 11 is 1.76. The van der Waals surface area contributed by atoms with Gasteiger partial charge in [0.15, 0.2) is 0 Å². The highest BCUT2D eigenvalue weighted by molar-refractivity contribution is 7.98. The smallest absolute Gasteiger partial charge is 0.0719 e. The third kappa shape index (κ3) is 2.00. The van der Waals surface area contributed by atoms with Crippen molar-refractivity contribution in [2.75, 3.05) is 12.0 Å². The number of thioether (sulfide) groups is 1. The van der Waals surface area contributed by atoms with Crippen LogP contribution in [-0.2, 0) is 7.05 Å². The molecule has 0 fully saturated rings. The average Bonchev–Trinajstić information content (AvgIpc) is 2.47. The molecule has 1 aromatic rings. The Morgan fingerprint density at radius 2 is 2.58 bits per heavy atom. The number of rotatable bonds is 4. The molecule has 1 atom stereocenters. The largest absolute Gasteiger partial charge is 0.271 e. The first-order chi connectivity index (χ1) is 5.79. The number of nitrogens with two attached hydrogens (primary N) is 1. The Morgan fingerprint density at radius 3 is 3.00 bits per heavy atom. The van der Waals surface area contributed by atoms with Crippen molar-refractivity contribution < 1.29 is 0 Å². The van der Waals surface area contributed by atoms with Gasteiger partial charge in [-0.3, -0.25) is 16.0 Å². The summed E-state index contributed by atoms with van der Waals surface area (Å²) in [4.78, 5) is 0. The number of hydrazine groups is 1. The van der Waals surface area contributed by atoms with Crippen molar-refractivity contribution >= 4 is 11.8 Å². The van der Waals surface area contributed by atoms with E-state index in [1.807, 2.05) is 17.8 Å². The third-order valence-electron chi connectivity index (χ3n) is 1.75. The molecular formula is C7H14N4S. The number of aryl methyl sites for hydroxylation is 1. The summed E-state index contributed by atoms with van der Waals surface area (Å²) in [6.45, 7) is 0. The second-order valence-corrected chi connectivity index (χ2v) is 3.46. The maximum atomic E-state index is 5.41. The molecule has 0 aliphatic carbocycles. The molecule has 1 heterocycles. The van der Waals surface area contributed by atoms with Crippen molar-refractivity contribution in [1.82, 2.24) is 15.2 Å². The quantitative estimate of drug-likeness (QED) is 0.524. The van der Waals surface area contributed by atoms with Crippen LogP contribution in [0.4, 0.5) is 0 Å². The summed E-state index contributed by atoms with van der Waals surface area (Å²) in [5, 5.41) is 4.08. The predicted molar refractivity (Wildman–Crippen MR) is 51.7 cm³/mol. The van der Waals surface area contributed by atoms with E-state index in [1.54, 1.807) is 18.0 Å². The molecule has 4 nitrogen and oxygen atoms in total. The van der Waals surface area contributed by atoms with Gasteiger partial charge < -0.3 is 0 Å². The first-order valence-corrected chi connectivity index (χ1v) is 5.12. The molecule has 3 N–H and O–H groups in total. The number of nitrogens with one attached hydrogen (secondary N) is 1. The van der Waals surface area contributed by atoms with Crippen LogP contribution in [0.15, 0.2) is 12.3 Å². The average molecular weight is 186 g/mol. The minimum Gasteiger partial charge on any atom is -0.271 e. The number of nitrogens with zero attached hydrogens (tertiary/aromatic N) is 2. The number of hydrogen-bond acceptors (Lipinski definition) is 4. The van der Waals surface area contributed by atoms with E-state index in [9.17, 15) is 0 Å². The van der Waals surface area contributed by atoms with Crippen molar-refractivity contribution in [2.24, 2.45) is 12.9 Å². The highest BCUT2D eigenvalue weighted by Gasteiger charge is 2.11. The summed E-state index contributed by atoms with van der Waals surface area (Å²) in [5.74, 6) is 6.37. The molecule has 0 aromatic carbocycles. The lowest BCUT2D eigenvalue weighted by Crippen LogP contribution is -2.31. The Labute approximate surface area is 76.5 Å². The molecule has 0 saturated heterocycles. The van der Waals surface area contributed by atoms with E-state index in [2.05, 4.69) is 16.8 Å². The van der Waals surface area contributed by atoms with Crippen LogP contribution in [0.1, 0.15) is 11.7 Å². The fraction of sp³-hybridized carbons (Fsp3) is 0.571. The summed E-state index contributed by atoms with van der Waals surface area (Å²) in [6, 6.07) is 2.16. The summed E-state index contributed by atoms with van der Waals surface area (Å²) in [7, 11) is 1.92. The van der Waals surface area contributed by atoms with Crippen molar-refractivity contribution in [1.29, 1.82) is 0 Å². The lowest BCUT2D eigenvalue weighted by atomic mass is 10.2. The van der Waals surface area contributed by atoms with Gasteiger partial charge in [0.05, 0.1) is 11.7 Å². The Hall–Kier alpha value is -0.520. The van der Waals surface area contributed by atoms with Crippen LogP contribution in [0.2, 0.25) is 0 Å². The first-order valence-electron chi connectivity index (χ1n) is 3.72. The topological polar surface area (TPSA) is 55.9 Å². The van der Waals surface area contributed by atoms with Gasteiger partial charge in [-0.2, -0.15) is 16.9 Å². The van der Waals surface area contributed by atoms with Crippen LogP contribution in [0.5, 0.6) is 0 Å². The molecule has 5 heteroatoms. The lowest BCUT2D eigenvalue weighted by molar-refractivity contribution is 0.555. The van der Waals surface area contributed by atoms with E-state index in [-0.39, 0.29) is 6.04 Å². The summed E-state index contributed by atoms with van der Waals surface area (Å²) < 4.78 is 1.83. The molecule has 1 unspecified atom stereocenters. The second-order valence-electron chi connectivity index (χ2n) is 2.55. The van der Waals surface area contributed by atoms with Gasteiger partial charge in [0, 0.05) is 19.0 Å². The van der Waals surface area contributed by atoms with E-state index in [1.165, 1.54) is 0 Å². The molecule has 68 valence electrons. The van der Waals surface area contributed by atoms with E-state index in [4.69, 9.17) is 5.84 Å². The van der Waals surface area contributed by atoms with Crippen molar-refractivity contribution in [3.05, 3.63) is 18.0 Å². The normalized spacial score (nSPS) is 13.2. The van der Waals surface area contributed by atoms with Gasteiger partial charge in [-0.05, 0) is 12.3 Å². The monoisotopic (exact) mass is 186 g/mol. The lowest BCUT2D eigenvalue weighted by Gasteiger charge is -2.14.